The van der Waals surface area contributed by atoms with Crippen LogP contribution in [-0.2, 0) is 6.54 Å². The number of rotatable bonds is 7. The van der Waals surface area contributed by atoms with Gasteiger partial charge in [0.05, 0.1) is 12.2 Å². The predicted octanol–water partition coefficient (Wildman–Crippen LogP) is 3.68. The van der Waals surface area contributed by atoms with Crippen LogP contribution in [0.5, 0.6) is 0 Å². The third kappa shape index (κ3) is 6.60. The van der Waals surface area contributed by atoms with E-state index in [0.717, 1.165) is 29.7 Å². The molecule has 1 saturated heterocycles. The highest BCUT2D eigenvalue weighted by molar-refractivity contribution is 5.79. The molecular weight excluding hydrogens is 362 g/mol. The second-order valence-corrected chi connectivity index (χ2v) is 8.48. The number of hydrogen-bond donors (Lipinski definition) is 2. The van der Waals surface area contributed by atoms with Gasteiger partial charge < -0.3 is 20.0 Å². The normalized spacial score (nSPS) is 18.2. The Hall–Kier alpha value is -2.34. The Morgan fingerprint density at radius 2 is 2.07 bits per heavy atom. The van der Waals surface area contributed by atoms with Crippen LogP contribution in [0.3, 0.4) is 0 Å². The molecule has 0 saturated carbocycles. The molecule has 1 atom stereocenters. The summed E-state index contributed by atoms with van der Waals surface area (Å²) in [5, 5.41) is 6.83. The molecule has 6 heteroatoms. The van der Waals surface area contributed by atoms with Crippen molar-refractivity contribution in [2.24, 2.45) is 16.8 Å². The van der Waals surface area contributed by atoms with Crippen LogP contribution in [0.2, 0.25) is 0 Å². The molecule has 1 fully saturated rings. The van der Waals surface area contributed by atoms with Gasteiger partial charge in [0.25, 0.3) is 0 Å². The molecule has 6 nitrogen and oxygen atoms in total. The molecule has 0 aliphatic carbocycles. The molecule has 1 aromatic heterocycles. The van der Waals surface area contributed by atoms with E-state index in [0.29, 0.717) is 18.4 Å². The van der Waals surface area contributed by atoms with E-state index in [4.69, 9.17) is 4.42 Å². The van der Waals surface area contributed by atoms with E-state index in [1.807, 2.05) is 19.2 Å². The van der Waals surface area contributed by atoms with Crippen LogP contribution < -0.4 is 10.6 Å². The Bertz CT molecular complexity index is 781. The Kier molecular flexibility index (Phi) is 7.69. The van der Waals surface area contributed by atoms with Crippen LogP contribution in [-0.4, -0.2) is 49.1 Å². The summed E-state index contributed by atoms with van der Waals surface area (Å²) in [4.78, 5) is 11.5. The topological polar surface area (TPSA) is 65.7 Å². The number of likely N-dealkylation sites (tertiary alicyclic amines) is 1. The van der Waals surface area contributed by atoms with Crippen molar-refractivity contribution in [3.8, 4) is 11.5 Å². The fourth-order valence-corrected chi connectivity index (χ4v) is 3.85. The molecule has 1 aromatic carbocycles. The zero-order valence-electron chi connectivity index (χ0n) is 18.2. The molecule has 2 heterocycles. The predicted molar refractivity (Wildman–Crippen MR) is 119 cm³/mol. The van der Waals surface area contributed by atoms with Crippen LogP contribution in [0, 0.1) is 18.8 Å². The molecule has 29 heavy (non-hydrogen) atoms. The minimum absolute atomic E-state index is 0.583. The smallest absolute Gasteiger partial charge is 0.226 e. The molecule has 2 aromatic rings. The maximum absolute atomic E-state index is 5.64. The molecule has 2 N–H and O–H groups in total. The number of nitrogens with one attached hydrogen (secondary N) is 2. The van der Waals surface area contributed by atoms with Gasteiger partial charge in [-0.25, -0.2) is 4.98 Å². The van der Waals surface area contributed by atoms with Crippen molar-refractivity contribution in [1.29, 1.82) is 0 Å². The summed E-state index contributed by atoms with van der Waals surface area (Å²) in [6.07, 6.45) is 4.27. The van der Waals surface area contributed by atoms with Gasteiger partial charge in [0.15, 0.2) is 5.96 Å². The summed E-state index contributed by atoms with van der Waals surface area (Å²) in [5.41, 5.74) is 3.08. The molecule has 0 bridgehead atoms. The first-order valence-electron chi connectivity index (χ1n) is 10.7. The van der Waals surface area contributed by atoms with Gasteiger partial charge in [-0.2, -0.15) is 0 Å². The number of aromatic nitrogens is 1. The second-order valence-electron chi connectivity index (χ2n) is 8.48. The van der Waals surface area contributed by atoms with Gasteiger partial charge in [-0.15, -0.1) is 0 Å². The van der Waals surface area contributed by atoms with E-state index in [-0.39, 0.29) is 0 Å². The molecule has 0 amide bonds. The molecule has 3 rings (SSSR count). The maximum Gasteiger partial charge on any atom is 0.226 e. The van der Waals surface area contributed by atoms with Crippen molar-refractivity contribution in [1.82, 2.24) is 20.5 Å². The lowest BCUT2D eigenvalue weighted by Crippen LogP contribution is -2.45. The van der Waals surface area contributed by atoms with Gasteiger partial charge in [0.1, 0.15) is 6.26 Å². The molecule has 1 aliphatic heterocycles. The largest absolute Gasteiger partial charge is 0.444 e. The van der Waals surface area contributed by atoms with Crippen molar-refractivity contribution >= 4 is 5.96 Å². The van der Waals surface area contributed by atoms with Crippen molar-refractivity contribution in [2.75, 3.05) is 33.2 Å². The number of hydrogen-bond acceptors (Lipinski definition) is 4. The molecule has 1 unspecified atom stereocenters. The highest BCUT2D eigenvalue weighted by atomic mass is 16.3. The summed E-state index contributed by atoms with van der Waals surface area (Å²) in [6.45, 7) is 11.8. The zero-order chi connectivity index (χ0) is 20.6. The number of oxazole rings is 1. The fraction of sp³-hybridized carbons (Fsp3) is 0.565. The molecule has 1 aliphatic rings. The van der Waals surface area contributed by atoms with E-state index < -0.39 is 0 Å². The van der Waals surface area contributed by atoms with Crippen molar-refractivity contribution in [3.05, 3.63) is 41.8 Å². The monoisotopic (exact) mass is 397 g/mol. The summed E-state index contributed by atoms with van der Waals surface area (Å²) in [7, 11) is 1.81. The summed E-state index contributed by atoms with van der Waals surface area (Å²) in [5.74, 6) is 2.85. The number of aliphatic imine (C=N–C) groups is 1. The minimum atomic E-state index is 0.583. The molecule has 0 radical (unpaired) electrons. The lowest BCUT2D eigenvalue weighted by atomic mass is 9.97. The SMILES string of the molecule is CN=C(NCc1coc(-c2ccc(C)cc2)n1)NCC1CCCN(CC(C)C)C1. The van der Waals surface area contributed by atoms with Gasteiger partial charge in [-0.3, -0.25) is 4.99 Å². The Morgan fingerprint density at radius 3 is 2.79 bits per heavy atom. The van der Waals surface area contributed by atoms with Crippen molar-refractivity contribution in [2.45, 2.75) is 40.2 Å². The first-order chi connectivity index (χ1) is 14.0. The summed E-state index contributed by atoms with van der Waals surface area (Å²) >= 11 is 0. The summed E-state index contributed by atoms with van der Waals surface area (Å²) in [6, 6.07) is 8.20. The van der Waals surface area contributed by atoms with Gasteiger partial charge in [0.2, 0.25) is 5.89 Å². The molecular formula is C23H35N5O. The average molecular weight is 398 g/mol. The van der Waals surface area contributed by atoms with Gasteiger partial charge in [0, 0.05) is 32.2 Å². The lowest BCUT2D eigenvalue weighted by Gasteiger charge is -2.34. The Labute approximate surface area is 174 Å². The zero-order valence-corrected chi connectivity index (χ0v) is 18.2. The van der Waals surface area contributed by atoms with Crippen molar-refractivity contribution < 1.29 is 4.42 Å². The fourth-order valence-electron chi connectivity index (χ4n) is 3.85. The second kappa shape index (κ2) is 10.4. The van der Waals surface area contributed by atoms with E-state index in [1.54, 1.807) is 6.26 Å². The highest BCUT2D eigenvalue weighted by Crippen LogP contribution is 2.19. The molecule has 0 spiro atoms. The minimum Gasteiger partial charge on any atom is -0.444 e. The van der Waals surface area contributed by atoms with Crippen LogP contribution in [0.1, 0.15) is 37.9 Å². The Morgan fingerprint density at radius 1 is 1.28 bits per heavy atom. The third-order valence-corrected chi connectivity index (χ3v) is 5.30. The van der Waals surface area contributed by atoms with Gasteiger partial charge in [-0.05, 0) is 50.3 Å². The summed E-state index contributed by atoms with van der Waals surface area (Å²) < 4.78 is 5.64. The number of guanidine groups is 1. The molecule has 158 valence electrons. The van der Waals surface area contributed by atoms with E-state index in [9.17, 15) is 0 Å². The third-order valence-electron chi connectivity index (χ3n) is 5.30. The van der Waals surface area contributed by atoms with Crippen molar-refractivity contribution in [3.63, 3.8) is 0 Å². The van der Waals surface area contributed by atoms with E-state index in [2.05, 4.69) is 58.4 Å². The van der Waals surface area contributed by atoms with Crippen LogP contribution in [0.15, 0.2) is 39.9 Å². The number of aryl methyl sites for hydroxylation is 1. The average Bonchev–Trinajstić information content (AvgIpc) is 3.17. The van der Waals surface area contributed by atoms with Crippen LogP contribution in [0.25, 0.3) is 11.5 Å². The van der Waals surface area contributed by atoms with Gasteiger partial charge >= 0.3 is 0 Å². The first-order valence-corrected chi connectivity index (χ1v) is 10.7. The number of benzene rings is 1. The van der Waals surface area contributed by atoms with Crippen LogP contribution in [0.4, 0.5) is 0 Å². The standard InChI is InChI=1S/C23H35N5O/c1-17(2)14-28-11-5-6-19(15-28)12-25-23(24-4)26-13-21-16-29-22(27-21)20-9-7-18(3)8-10-20/h7-10,16-17,19H,5-6,11-15H2,1-4H3,(H2,24,25,26). The quantitative estimate of drug-likeness (QED) is 0.551. The van der Waals surface area contributed by atoms with Gasteiger partial charge in [-0.1, -0.05) is 31.5 Å². The van der Waals surface area contributed by atoms with E-state index in [1.165, 1.54) is 38.0 Å². The number of piperidine rings is 1. The highest BCUT2D eigenvalue weighted by Gasteiger charge is 2.20. The first kappa shape index (κ1) is 21.4. The van der Waals surface area contributed by atoms with E-state index >= 15 is 0 Å². The lowest BCUT2D eigenvalue weighted by molar-refractivity contribution is 0.159. The van der Waals surface area contributed by atoms with Crippen LogP contribution >= 0.6 is 0 Å². The Balaban J connectivity index is 1.45. The number of nitrogens with zero attached hydrogens (tertiary/aromatic N) is 3. The maximum atomic E-state index is 5.64.